The Morgan fingerprint density at radius 3 is 3.00 bits per heavy atom. The third kappa shape index (κ3) is 4.59. The van der Waals surface area contributed by atoms with Crippen LogP contribution < -0.4 is 10.6 Å². The van der Waals surface area contributed by atoms with Crippen molar-refractivity contribution in [1.29, 1.82) is 0 Å². The van der Waals surface area contributed by atoms with Crippen molar-refractivity contribution in [3.63, 3.8) is 0 Å². The molecule has 1 aromatic rings. The largest absolute Gasteiger partial charge is 0.356 e. The van der Waals surface area contributed by atoms with E-state index in [4.69, 9.17) is 0 Å². The Morgan fingerprint density at radius 2 is 2.38 bits per heavy atom. The van der Waals surface area contributed by atoms with E-state index in [9.17, 15) is 0 Å². The summed E-state index contributed by atoms with van der Waals surface area (Å²) >= 11 is 0. The van der Waals surface area contributed by atoms with Crippen LogP contribution in [0.15, 0.2) is 42.0 Å². The second-order valence-corrected chi connectivity index (χ2v) is 3.24. The molecule has 0 aromatic carbocycles. The fourth-order valence-electron chi connectivity index (χ4n) is 1.24. The highest BCUT2D eigenvalue weighted by Gasteiger charge is 1.96. The summed E-state index contributed by atoms with van der Waals surface area (Å²) < 4.78 is 0. The molecule has 0 amide bonds. The predicted octanol–water partition coefficient (Wildman–Crippen LogP) is 0.975. The predicted molar refractivity (Wildman–Crippen MR) is 67.5 cm³/mol. The van der Waals surface area contributed by atoms with Crippen LogP contribution in [0.4, 0.5) is 0 Å². The van der Waals surface area contributed by atoms with Crippen molar-refractivity contribution in [2.24, 2.45) is 4.99 Å². The van der Waals surface area contributed by atoms with Crippen molar-refractivity contribution < 1.29 is 0 Å². The molecular weight excluding hydrogens is 200 g/mol. The van der Waals surface area contributed by atoms with E-state index in [-0.39, 0.29) is 0 Å². The highest BCUT2D eigenvalue weighted by atomic mass is 15.2. The Balaban J connectivity index is 2.26. The van der Waals surface area contributed by atoms with Crippen LogP contribution in [-0.4, -0.2) is 31.1 Å². The number of aliphatic imine (C=N–C) groups is 1. The lowest BCUT2D eigenvalue weighted by molar-refractivity contribution is 0.806. The molecule has 4 heteroatoms. The topological polar surface area (TPSA) is 49.3 Å². The molecule has 16 heavy (non-hydrogen) atoms. The minimum absolute atomic E-state index is 0.712. The van der Waals surface area contributed by atoms with Crippen molar-refractivity contribution in [2.75, 3.05) is 20.1 Å². The fraction of sp³-hybridized carbons (Fsp3) is 0.333. The number of pyridine rings is 1. The monoisotopic (exact) mass is 218 g/mol. The van der Waals surface area contributed by atoms with Crippen LogP contribution in [0.3, 0.4) is 0 Å². The fourth-order valence-corrected chi connectivity index (χ4v) is 1.24. The first kappa shape index (κ1) is 12.2. The first-order valence-electron chi connectivity index (χ1n) is 5.32. The molecule has 86 valence electrons. The van der Waals surface area contributed by atoms with E-state index in [0.717, 1.165) is 24.6 Å². The first-order chi connectivity index (χ1) is 7.86. The summed E-state index contributed by atoms with van der Waals surface area (Å²) in [4.78, 5) is 8.33. The average Bonchev–Trinajstić information content (AvgIpc) is 2.35. The number of rotatable bonds is 5. The van der Waals surface area contributed by atoms with Crippen molar-refractivity contribution >= 4 is 5.96 Å². The summed E-state index contributed by atoms with van der Waals surface area (Å²) in [5.74, 6) is 0.788. The maximum atomic E-state index is 4.25. The van der Waals surface area contributed by atoms with E-state index in [1.807, 2.05) is 18.2 Å². The zero-order chi connectivity index (χ0) is 11.6. The molecule has 0 unspecified atom stereocenters. The molecule has 1 aromatic heterocycles. The normalized spacial score (nSPS) is 10.9. The molecule has 0 fully saturated rings. The molecular formula is C12H18N4. The van der Waals surface area contributed by atoms with E-state index in [0.29, 0.717) is 6.54 Å². The summed E-state index contributed by atoms with van der Waals surface area (Å²) in [5, 5.41) is 6.31. The van der Waals surface area contributed by atoms with E-state index in [1.54, 1.807) is 19.3 Å². The Bertz CT molecular complexity index is 332. The van der Waals surface area contributed by atoms with Crippen molar-refractivity contribution in [3.8, 4) is 0 Å². The third-order valence-corrected chi connectivity index (χ3v) is 2.04. The Hall–Kier alpha value is -1.84. The van der Waals surface area contributed by atoms with Gasteiger partial charge in [-0.15, -0.1) is 6.58 Å². The van der Waals surface area contributed by atoms with Gasteiger partial charge in [-0.05, 0) is 12.1 Å². The molecule has 0 aliphatic carbocycles. The van der Waals surface area contributed by atoms with Gasteiger partial charge in [-0.1, -0.05) is 12.1 Å². The lowest BCUT2D eigenvalue weighted by Gasteiger charge is -2.09. The van der Waals surface area contributed by atoms with Crippen LogP contribution in [0.25, 0.3) is 0 Å². The average molecular weight is 218 g/mol. The van der Waals surface area contributed by atoms with E-state index >= 15 is 0 Å². The Labute approximate surface area is 96.5 Å². The minimum atomic E-state index is 0.712. The lowest BCUT2D eigenvalue weighted by atomic mass is 10.3. The van der Waals surface area contributed by atoms with Gasteiger partial charge in [0, 0.05) is 38.4 Å². The van der Waals surface area contributed by atoms with Crippen LogP contribution in [0.2, 0.25) is 0 Å². The SMILES string of the molecule is C=CCNC(=NC)NCCc1ccccn1. The molecule has 1 rings (SSSR count). The highest BCUT2D eigenvalue weighted by molar-refractivity contribution is 5.79. The molecule has 0 saturated heterocycles. The number of nitrogens with zero attached hydrogens (tertiary/aromatic N) is 2. The van der Waals surface area contributed by atoms with Gasteiger partial charge >= 0.3 is 0 Å². The zero-order valence-electron chi connectivity index (χ0n) is 9.61. The minimum Gasteiger partial charge on any atom is -0.356 e. The molecule has 0 aliphatic rings. The molecule has 0 aliphatic heterocycles. The van der Waals surface area contributed by atoms with E-state index in [2.05, 4.69) is 27.2 Å². The second kappa shape index (κ2) is 7.45. The van der Waals surface area contributed by atoms with Gasteiger partial charge in [-0.25, -0.2) is 0 Å². The van der Waals surface area contributed by atoms with Crippen LogP contribution in [0.1, 0.15) is 5.69 Å². The van der Waals surface area contributed by atoms with Gasteiger partial charge in [0.2, 0.25) is 0 Å². The lowest BCUT2D eigenvalue weighted by Crippen LogP contribution is -2.38. The smallest absolute Gasteiger partial charge is 0.191 e. The van der Waals surface area contributed by atoms with Gasteiger partial charge in [0.1, 0.15) is 0 Å². The molecule has 0 saturated carbocycles. The molecule has 0 atom stereocenters. The highest BCUT2D eigenvalue weighted by Crippen LogP contribution is 1.92. The van der Waals surface area contributed by atoms with Gasteiger partial charge < -0.3 is 10.6 Å². The number of nitrogens with one attached hydrogen (secondary N) is 2. The number of aromatic nitrogens is 1. The molecule has 0 bridgehead atoms. The van der Waals surface area contributed by atoms with Gasteiger partial charge in [0.15, 0.2) is 5.96 Å². The van der Waals surface area contributed by atoms with Gasteiger partial charge in [0.25, 0.3) is 0 Å². The van der Waals surface area contributed by atoms with Crippen LogP contribution in [-0.2, 0) is 6.42 Å². The van der Waals surface area contributed by atoms with E-state index in [1.165, 1.54) is 0 Å². The number of guanidine groups is 1. The molecule has 0 spiro atoms. The van der Waals surface area contributed by atoms with Crippen molar-refractivity contribution in [1.82, 2.24) is 15.6 Å². The van der Waals surface area contributed by atoms with Crippen LogP contribution in [0, 0.1) is 0 Å². The summed E-state index contributed by atoms with van der Waals surface area (Å²) in [6.45, 7) is 5.16. The Morgan fingerprint density at radius 1 is 1.50 bits per heavy atom. The summed E-state index contributed by atoms with van der Waals surface area (Å²) in [7, 11) is 1.75. The van der Waals surface area contributed by atoms with Crippen molar-refractivity contribution in [3.05, 3.63) is 42.7 Å². The maximum Gasteiger partial charge on any atom is 0.191 e. The van der Waals surface area contributed by atoms with Gasteiger partial charge in [-0.3, -0.25) is 9.98 Å². The van der Waals surface area contributed by atoms with Crippen LogP contribution >= 0.6 is 0 Å². The van der Waals surface area contributed by atoms with Gasteiger partial charge in [-0.2, -0.15) is 0 Å². The maximum absolute atomic E-state index is 4.25. The summed E-state index contributed by atoms with van der Waals surface area (Å²) in [6.07, 6.45) is 4.49. The summed E-state index contributed by atoms with van der Waals surface area (Å²) in [6, 6.07) is 5.93. The first-order valence-corrected chi connectivity index (χ1v) is 5.32. The molecule has 1 heterocycles. The van der Waals surface area contributed by atoms with Gasteiger partial charge in [0.05, 0.1) is 0 Å². The molecule has 4 nitrogen and oxygen atoms in total. The van der Waals surface area contributed by atoms with Crippen LogP contribution in [0.5, 0.6) is 0 Å². The third-order valence-electron chi connectivity index (χ3n) is 2.04. The second-order valence-electron chi connectivity index (χ2n) is 3.24. The zero-order valence-corrected chi connectivity index (χ0v) is 9.61. The van der Waals surface area contributed by atoms with E-state index < -0.39 is 0 Å². The summed E-state index contributed by atoms with van der Waals surface area (Å²) in [5.41, 5.74) is 1.08. The van der Waals surface area contributed by atoms with Crippen molar-refractivity contribution in [2.45, 2.75) is 6.42 Å². The molecule has 0 radical (unpaired) electrons. The Kier molecular flexibility index (Phi) is 5.70. The standard InChI is InChI=1S/C12H18N4/c1-3-8-15-12(13-2)16-10-7-11-6-4-5-9-14-11/h3-6,9H,1,7-8,10H2,2H3,(H2,13,15,16). The molecule has 2 N–H and O–H groups in total. The number of hydrogen-bond acceptors (Lipinski definition) is 2. The number of hydrogen-bond donors (Lipinski definition) is 2. The quantitative estimate of drug-likeness (QED) is 0.440.